The third-order valence-corrected chi connectivity index (χ3v) is 3.22. The summed E-state index contributed by atoms with van der Waals surface area (Å²) >= 11 is 5.89. The molecule has 2 N–H and O–H groups in total. The summed E-state index contributed by atoms with van der Waals surface area (Å²) in [6, 6.07) is 9.08. The van der Waals surface area contributed by atoms with Crippen molar-refractivity contribution in [1.82, 2.24) is 14.5 Å². The van der Waals surface area contributed by atoms with Crippen molar-refractivity contribution in [2.24, 2.45) is 5.73 Å². The van der Waals surface area contributed by atoms with E-state index >= 15 is 0 Å². The molecule has 0 aliphatic rings. The van der Waals surface area contributed by atoms with Gasteiger partial charge < -0.3 is 10.3 Å². The molecule has 0 fully saturated rings. The van der Waals surface area contributed by atoms with E-state index in [-0.39, 0.29) is 6.54 Å². The van der Waals surface area contributed by atoms with Crippen molar-refractivity contribution >= 4 is 28.5 Å². The van der Waals surface area contributed by atoms with Crippen LogP contribution in [0, 0.1) is 0 Å². The Morgan fingerprint density at radius 3 is 2.70 bits per heavy atom. The number of primary amides is 1. The molecule has 6 heteroatoms. The van der Waals surface area contributed by atoms with Crippen molar-refractivity contribution in [2.75, 3.05) is 0 Å². The molecule has 100 valence electrons. The highest BCUT2D eigenvalue weighted by Crippen LogP contribution is 2.25. The third-order valence-electron chi connectivity index (χ3n) is 2.97. The van der Waals surface area contributed by atoms with Gasteiger partial charge in [0.15, 0.2) is 0 Å². The Labute approximate surface area is 120 Å². The van der Waals surface area contributed by atoms with E-state index in [1.165, 1.54) is 0 Å². The van der Waals surface area contributed by atoms with Crippen LogP contribution in [0.5, 0.6) is 0 Å². The number of hydrogen-bond acceptors (Lipinski definition) is 3. The first kappa shape index (κ1) is 12.6. The lowest BCUT2D eigenvalue weighted by Gasteiger charge is -2.06. The van der Waals surface area contributed by atoms with Gasteiger partial charge in [-0.1, -0.05) is 11.6 Å². The SMILES string of the molecule is NC(=O)Cn1c(-c2ccc(Cl)cc2)nc2cnccc21. The largest absolute Gasteiger partial charge is 0.368 e. The first-order chi connectivity index (χ1) is 9.65. The number of rotatable bonds is 3. The molecule has 5 nitrogen and oxygen atoms in total. The lowest BCUT2D eigenvalue weighted by atomic mass is 10.2. The molecular weight excluding hydrogens is 276 g/mol. The third kappa shape index (κ3) is 2.23. The molecule has 20 heavy (non-hydrogen) atoms. The van der Waals surface area contributed by atoms with Crippen LogP contribution in [-0.2, 0) is 11.3 Å². The zero-order chi connectivity index (χ0) is 14.1. The van der Waals surface area contributed by atoms with E-state index in [4.69, 9.17) is 17.3 Å². The van der Waals surface area contributed by atoms with Crippen LogP contribution < -0.4 is 5.73 Å². The van der Waals surface area contributed by atoms with Gasteiger partial charge in [-0.3, -0.25) is 9.78 Å². The van der Waals surface area contributed by atoms with Gasteiger partial charge in [0, 0.05) is 16.8 Å². The lowest BCUT2D eigenvalue weighted by Crippen LogP contribution is -2.19. The van der Waals surface area contributed by atoms with Crippen LogP contribution in [0.25, 0.3) is 22.4 Å². The van der Waals surface area contributed by atoms with E-state index in [0.717, 1.165) is 16.6 Å². The number of halogens is 1. The van der Waals surface area contributed by atoms with E-state index in [1.54, 1.807) is 29.1 Å². The summed E-state index contributed by atoms with van der Waals surface area (Å²) in [7, 11) is 0. The lowest BCUT2D eigenvalue weighted by molar-refractivity contribution is -0.118. The summed E-state index contributed by atoms with van der Waals surface area (Å²) < 4.78 is 1.78. The number of imidazole rings is 1. The maximum Gasteiger partial charge on any atom is 0.237 e. The molecular formula is C14H11ClN4O. The Bertz CT molecular complexity index is 779. The molecule has 2 heterocycles. The highest BCUT2D eigenvalue weighted by atomic mass is 35.5. The second-order valence-electron chi connectivity index (χ2n) is 4.36. The van der Waals surface area contributed by atoms with Gasteiger partial charge in [-0.05, 0) is 30.3 Å². The number of hydrogen-bond donors (Lipinski definition) is 1. The topological polar surface area (TPSA) is 73.8 Å². The van der Waals surface area contributed by atoms with Crippen LogP contribution in [0.4, 0.5) is 0 Å². The zero-order valence-corrected chi connectivity index (χ0v) is 11.2. The quantitative estimate of drug-likeness (QED) is 0.802. The van der Waals surface area contributed by atoms with Gasteiger partial charge in [-0.2, -0.15) is 0 Å². The van der Waals surface area contributed by atoms with Crippen LogP contribution in [0.3, 0.4) is 0 Å². The zero-order valence-electron chi connectivity index (χ0n) is 10.5. The Kier molecular flexibility index (Phi) is 3.12. The molecule has 0 aliphatic heterocycles. The minimum atomic E-state index is -0.420. The summed E-state index contributed by atoms with van der Waals surface area (Å²) in [5, 5.41) is 0.646. The van der Waals surface area contributed by atoms with Crippen molar-refractivity contribution in [1.29, 1.82) is 0 Å². The number of aromatic nitrogens is 3. The number of amides is 1. The van der Waals surface area contributed by atoms with Crippen molar-refractivity contribution in [2.45, 2.75) is 6.54 Å². The molecule has 1 aromatic carbocycles. The predicted octanol–water partition coefficient (Wildman–Crippen LogP) is 2.24. The molecule has 0 saturated heterocycles. The first-order valence-corrected chi connectivity index (χ1v) is 6.37. The van der Waals surface area contributed by atoms with Crippen molar-refractivity contribution in [3.8, 4) is 11.4 Å². The Morgan fingerprint density at radius 2 is 2.00 bits per heavy atom. The van der Waals surface area contributed by atoms with Crippen molar-refractivity contribution in [3.63, 3.8) is 0 Å². The van der Waals surface area contributed by atoms with Crippen LogP contribution in [0.1, 0.15) is 0 Å². The van der Waals surface area contributed by atoms with Gasteiger partial charge in [0.1, 0.15) is 17.9 Å². The second-order valence-corrected chi connectivity index (χ2v) is 4.80. The number of pyridine rings is 1. The van der Waals surface area contributed by atoms with E-state index in [2.05, 4.69) is 9.97 Å². The number of nitrogens with zero attached hydrogens (tertiary/aromatic N) is 3. The average Bonchev–Trinajstić information content (AvgIpc) is 2.78. The van der Waals surface area contributed by atoms with Crippen molar-refractivity contribution in [3.05, 3.63) is 47.7 Å². The van der Waals surface area contributed by atoms with Crippen LogP contribution >= 0.6 is 11.6 Å². The molecule has 0 spiro atoms. The summed E-state index contributed by atoms with van der Waals surface area (Å²) in [5.41, 5.74) is 7.73. The Morgan fingerprint density at radius 1 is 1.25 bits per heavy atom. The molecule has 0 atom stereocenters. The highest BCUT2D eigenvalue weighted by Gasteiger charge is 2.13. The molecule has 1 amide bonds. The van der Waals surface area contributed by atoms with Gasteiger partial charge >= 0.3 is 0 Å². The van der Waals surface area contributed by atoms with Gasteiger partial charge in [-0.15, -0.1) is 0 Å². The van der Waals surface area contributed by atoms with Gasteiger partial charge in [-0.25, -0.2) is 4.98 Å². The van der Waals surface area contributed by atoms with Crippen LogP contribution in [0.2, 0.25) is 5.02 Å². The maximum atomic E-state index is 11.3. The summed E-state index contributed by atoms with van der Waals surface area (Å²) in [4.78, 5) is 19.8. The van der Waals surface area contributed by atoms with Gasteiger partial charge in [0.05, 0.1) is 11.7 Å². The normalized spacial score (nSPS) is 10.8. The van der Waals surface area contributed by atoms with Gasteiger partial charge in [0.2, 0.25) is 5.91 Å². The standard InChI is InChI=1S/C14H11ClN4O/c15-10-3-1-9(2-4-10)14-18-11-7-17-6-5-12(11)19(14)8-13(16)20/h1-7H,8H2,(H2,16,20). The molecule has 0 radical (unpaired) electrons. The van der Waals surface area contributed by atoms with Crippen LogP contribution in [-0.4, -0.2) is 20.4 Å². The van der Waals surface area contributed by atoms with E-state index < -0.39 is 5.91 Å². The molecule has 3 rings (SSSR count). The fraction of sp³-hybridized carbons (Fsp3) is 0.0714. The molecule has 3 aromatic rings. The minimum absolute atomic E-state index is 0.0679. The fourth-order valence-corrected chi connectivity index (χ4v) is 2.24. The predicted molar refractivity (Wildman–Crippen MR) is 77.2 cm³/mol. The Hall–Kier alpha value is -2.40. The molecule has 2 aromatic heterocycles. The Balaban J connectivity index is 2.23. The molecule has 0 unspecified atom stereocenters. The number of nitrogens with two attached hydrogens (primary N) is 1. The van der Waals surface area contributed by atoms with E-state index in [0.29, 0.717) is 10.8 Å². The number of fused-ring (bicyclic) bond motifs is 1. The summed E-state index contributed by atoms with van der Waals surface area (Å²) in [6.45, 7) is 0.0679. The highest BCUT2D eigenvalue weighted by molar-refractivity contribution is 6.30. The monoisotopic (exact) mass is 286 g/mol. The van der Waals surface area contributed by atoms with Crippen molar-refractivity contribution < 1.29 is 4.79 Å². The fourth-order valence-electron chi connectivity index (χ4n) is 2.12. The van der Waals surface area contributed by atoms with E-state index in [9.17, 15) is 4.79 Å². The minimum Gasteiger partial charge on any atom is -0.368 e. The smallest absolute Gasteiger partial charge is 0.237 e. The number of carbonyl (C=O) groups is 1. The van der Waals surface area contributed by atoms with Gasteiger partial charge in [0.25, 0.3) is 0 Å². The van der Waals surface area contributed by atoms with Crippen LogP contribution in [0.15, 0.2) is 42.7 Å². The summed E-state index contributed by atoms with van der Waals surface area (Å²) in [6.07, 6.45) is 3.32. The maximum absolute atomic E-state index is 11.3. The molecule has 0 bridgehead atoms. The number of carbonyl (C=O) groups excluding carboxylic acids is 1. The first-order valence-electron chi connectivity index (χ1n) is 5.99. The average molecular weight is 287 g/mol. The number of benzene rings is 1. The second kappa shape index (κ2) is 4.94. The molecule has 0 saturated carbocycles. The summed E-state index contributed by atoms with van der Waals surface area (Å²) in [5.74, 6) is 0.250. The molecule has 0 aliphatic carbocycles. The van der Waals surface area contributed by atoms with E-state index in [1.807, 2.05) is 18.2 Å².